The van der Waals surface area contributed by atoms with Crippen molar-refractivity contribution >= 4 is 28.6 Å². The van der Waals surface area contributed by atoms with E-state index in [4.69, 9.17) is 14.9 Å². The van der Waals surface area contributed by atoms with Crippen LogP contribution >= 0.6 is 0 Å². The van der Waals surface area contributed by atoms with Crippen LogP contribution in [0.25, 0.3) is 22.6 Å². The largest absolute Gasteiger partial charge is 0.497 e. The molecule has 0 saturated carbocycles. The highest BCUT2D eigenvalue weighted by Crippen LogP contribution is 2.31. The van der Waals surface area contributed by atoms with Crippen LogP contribution < -0.4 is 15.4 Å². The van der Waals surface area contributed by atoms with Crippen molar-refractivity contribution in [2.75, 3.05) is 18.6 Å². The van der Waals surface area contributed by atoms with Gasteiger partial charge >= 0.3 is 0 Å². The third kappa shape index (κ3) is 2.77. The fourth-order valence-corrected chi connectivity index (χ4v) is 3.09. The molecule has 132 valence electrons. The lowest BCUT2D eigenvalue weighted by molar-refractivity contribution is -0.123. The molecule has 1 fully saturated rings. The number of carbonyl (C=O) groups excluding carboxylic acids is 2. The summed E-state index contributed by atoms with van der Waals surface area (Å²) in [5.41, 5.74) is 8.10. The number of oxazole rings is 1. The second-order valence-corrected chi connectivity index (χ2v) is 6.21. The molecule has 7 nitrogen and oxygen atoms in total. The average molecular weight is 351 g/mol. The number of methoxy groups -OCH3 is 1. The quantitative estimate of drug-likeness (QED) is 0.778. The molecule has 0 bridgehead atoms. The Kier molecular flexibility index (Phi) is 3.84. The van der Waals surface area contributed by atoms with E-state index in [1.807, 2.05) is 24.3 Å². The maximum atomic E-state index is 12.2. The van der Waals surface area contributed by atoms with Crippen LogP contribution in [0.15, 0.2) is 46.9 Å². The van der Waals surface area contributed by atoms with E-state index in [1.54, 1.807) is 30.2 Å². The molecule has 1 saturated heterocycles. The van der Waals surface area contributed by atoms with Crippen LogP contribution in [0.3, 0.4) is 0 Å². The smallest absolute Gasteiger partial charge is 0.227 e. The molecule has 0 spiro atoms. The molecule has 7 heteroatoms. The van der Waals surface area contributed by atoms with Crippen LogP contribution in [0.4, 0.5) is 5.69 Å². The number of ether oxygens (including phenoxy) is 1. The van der Waals surface area contributed by atoms with Crippen molar-refractivity contribution < 1.29 is 18.7 Å². The Morgan fingerprint density at radius 2 is 2.04 bits per heavy atom. The number of rotatable bonds is 4. The van der Waals surface area contributed by atoms with Gasteiger partial charge in [0, 0.05) is 24.2 Å². The zero-order valence-electron chi connectivity index (χ0n) is 14.1. The van der Waals surface area contributed by atoms with E-state index in [0.29, 0.717) is 29.2 Å². The summed E-state index contributed by atoms with van der Waals surface area (Å²) in [4.78, 5) is 29.6. The molecule has 1 atom stereocenters. The molecule has 2 N–H and O–H groups in total. The first-order valence-corrected chi connectivity index (χ1v) is 8.20. The first-order chi connectivity index (χ1) is 12.5. The highest BCUT2D eigenvalue weighted by Gasteiger charge is 2.34. The second-order valence-electron chi connectivity index (χ2n) is 6.21. The highest BCUT2D eigenvalue weighted by molar-refractivity contribution is 6.01. The number of benzene rings is 2. The van der Waals surface area contributed by atoms with Crippen molar-refractivity contribution in [3.05, 3.63) is 42.5 Å². The number of fused-ring (bicyclic) bond motifs is 1. The van der Waals surface area contributed by atoms with Gasteiger partial charge in [-0.3, -0.25) is 9.59 Å². The summed E-state index contributed by atoms with van der Waals surface area (Å²) < 4.78 is 11.0. The summed E-state index contributed by atoms with van der Waals surface area (Å²) in [6.07, 6.45) is 0.142. The third-order valence-electron chi connectivity index (χ3n) is 4.55. The summed E-state index contributed by atoms with van der Waals surface area (Å²) in [6.45, 7) is 0.295. The van der Waals surface area contributed by atoms with Gasteiger partial charge in [-0.2, -0.15) is 0 Å². The van der Waals surface area contributed by atoms with Gasteiger partial charge in [-0.05, 0) is 42.5 Å². The molecular formula is C19H17N3O4. The van der Waals surface area contributed by atoms with Crippen molar-refractivity contribution in [3.8, 4) is 17.2 Å². The number of hydrogen-bond acceptors (Lipinski definition) is 5. The first kappa shape index (κ1) is 16.1. The normalized spacial score (nSPS) is 17.0. The molecule has 2 aromatic carbocycles. The second kappa shape index (κ2) is 6.18. The van der Waals surface area contributed by atoms with Crippen LogP contribution in [-0.2, 0) is 9.59 Å². The molecule has 3 aromatic rings. The lowest BCUT2D eigenvalue weighted by Crippen LogP contribution is -2.28. The summed E-state index contributed by atoms with van der Waals surface area (Å²) in [5, 5.41) is 0. The fraction of sp³-hybridized carbons (Fsp3) is 0.211. The van der Waals surface area contributed by atoms with Gasteiger partial charge in [0.05, 0.1) is 13.0 Å². The Bertz CT molecular complexity index is 994. The number of hydrogen-bond donors (Lipinski definition) is 1. The lowest BCUT2D eigenvalue weighted by atomic mass is 10.1. The average Bonchev–Trinajstić information content (AvgIpc) is 3.24. The Labute approximate surface area is 149 Å². The predicted octanol–water partition coefficient (Wildman–Crippen LogP) is 2.34. The number of nitrogens with two attached hydrogens (primary N) is 1. The number of anilines is 1. The standard InChI is InChI=1S/C19H17N3O4/c1-25-14-5-2-11(3-6-14)19-21-15-9-13(4-7-16(15)26-19)22-10-12(18(20)24)8-17(22)23/h2-7,9,12H,8,10H2,1H3,(H2,20,24). The zero-order chi connectivity index (χ0) is 18.3. The Hall–Kier alpha value is -3.35. The molecule has 4 rings (SSSR count). The van der Waals surface area contributed by atoms with Crippen molar-refractivity contribution in [1.82, 2.24) is 4.98 Å². The number of amides is 2. The molecule has 1 aliphatic rings. The molecule has 0 aliphatic carbocycles. The van der Waals surface area contributed by atoms with E-state index in [9.17, 15) is 9.59 Å². The van der Waals surface area contributed by atoms with Gasteiger partial charge in [0.25, 0.3) is 0 Å². The monoisotopic (exact) mass is 351 g/mol. The van der Waals surface area contributed by atoms with E-state index in [2.05, 4.69) is 4.98 Å². The van der Waals surface area contributed by atoms with Gasteiger partial charge in [-0.25, -0.2) is 4.98 Å². The van der Waals surface area contributed by atoms with E-state index in [1.165, 1.54) is 0 Å². The highest BCUT2D eigenvalue weighted by atomic mass is 16.5. The summed E-state index contributed by atoms with van der Waals surface area (Å²) in [7, 11) is 1.61. The van der Waals surface area contributed by atoms with E-state index in [0.717, 1.165) is 11.3 Å². The molecule has 1 unspecified atom stereocenters. The topological polar surface area (TPSA) is 98.7 Å². The third-order valence-corrected chi connectivity index (χ3v) is 4.55. The molecule has 26 heavy (non-hydrogen) atoms. The van der Waals surface area contributed by atoms with Crippen LogP contribution in [0, 0.1) is 5.92 Å². The van der Waals surface area contributed by atoms with E-state index in [-0.39, 0.29) is 12.3 Å². The van der Waals surface area contributed by atoms with Crippen molar-refractivity contribution in [3.63, 3.8) is 0 Å². The molecule has 2 heterocycles. The SMILES string of the molecule is COc1ccc(-c2nc3cc(N4CC(C(N)=O)CC4=O)ccc3o2)cc1. The van der Waals surface area contributed by atoms with Gasteiger partial charge in [0.15, 0.2) is 5.58 Å². The maximum Gasteiger partial charge on any atom is 0.227 e. The predicted molar refractivity (Wildman–Crippen MR) is 95.7 cm³/mol. The number of primary amides is 1. The van der Waals surface area contributed by atoms with E-state index < -0.39 is 11.8 Å². The minimum atomic E-state index is -0.454. The Balaban J connectivity index is 1.65. The summed E-state index contributed by atoms with van der Waals surface area (Å²) in [6, 6.07) is 12.7. The number of aromatic nitrogens is 1. The fourth-order valence-electron chi connectivity index (χ4n) is 3.09. The summed E-state index contributed by atoms with van der Waals surface area (Å²) >= 11 is 0. The van der Waals surface area contributed by atoms with E-state index >= 15 is 0 Å². The molecular weight excluding hydrogens is 334 g/mol. The van der Waals surface area contributed by atoms with Crippen molar-refractivity contribution in [2.45, 2.75) is 6.42 Å². The molecule has 1 aliphatic heterocycles. The minimum absolute atomic E-state index is 0.118. The Morgan fingerprint density at radius 1 is 1.27 bits per heavy atom. The molecule has 1 aromatic heterocycles. The maximum absolute atomic E-state index is 12.2. The number of carbonyl (C=O) groups is 2. The Morgan fingerprint density at radius 3 is 2.69 bits per heavy atom. The lowest BCUT2D eigenvalue weighted by Gasteiger charge is -2.15. The van der Waals surface area contributed by atoms with Crippen LogP contribution in [-0.4, -0.2) is 30.5 Å². The number of nitrogens with zero attached hydrogens (tertiary/aromatic N) is 2. The van der Waals surface area contributed by atoms with Gasteiger partial charge < -0.3 is 19.8 Å². The van der Waals surface area contributed by atoms with Gasteiger partial charge in [-0.1, -0.05) is 0 Å². The summed E-state index contributed by atoms with van der Waals surface area (Å²) in [5.74, 6) is 0.216. The first-order valence-electron chi connectivity index (χ1n) is 8.20. The van der Waals surface area contributed by atoms with Gasteiger partial charge in [0.2, 0.25) is 17.7 Å². The van der Waals surface area contributed by atoms with Gasteiger partial charge in [-0.15, -0.1) is 0 Å². The molecule has 2 amide bonds. The van der Waals surface area contributed by atoms with Crippen molar-refractivity contribution in [2.24, 2.45) is 11.7 Å². The van der Waals surface area contributed by atoms with Crippen LogP contribution in [0.5, 0.6) is 5.75 Å². The van der Waals surface area contributed by atoms with Crippen LogP contribution in [0.2, 0.25) is 0 Å². The van der Waals surface area contributed by atoms with Crippen molar-refractivity contribution in [1.29, 1.82) is 0 Å². The van der Waals surface area contributed by atoms with Gasteiger partial charge in [0.1, 0.15) is 11.3 Å². The zero-order valence-corrected chi connectivity index (χ0v) is 14.1. The molecule has 0 radical (unpaired) electrons. The minimum Gasteiger partial charge on any atom is -0.497 e. The van der Waals surface area contributed by atoms with Crippen LogP contribution in [0.1, 0.15) is 6.42 Å².